The van der Waals surface area contributed by atoms with Crippen molar-refractivity contribution in [2.45, 2.75) is 59.4 Å². The highest BCUT2D eigenvalue weighted by Gasteiger charge is 2.37. The highest BCUT2D eigenvalue weighted by atomic mass is 28.2. The molecule has 0 spiro atoms. The van der Waals surface area contributed by atoms with E-state index in [1.54, 1.807) is 0 Å². The summed E-state index contributed by atoms with van der Waals surface area (Å²) in [5.74, 6) is -0.405. The molecule has 6 heteroatoms. The van der Waals surface area contributed by atoms with Gasteiger partial charge in [-0.2, -0.15) is 0 Å². The van der Waals surface area contributed by atoms with Crippen molar-refractivity contribution in [3.8, 4) is 0 Å². The Kier molecular flexibility index (Phi) is 8.76. The third-order valence-electron chi connectivity index (χ3n) is 3.50. The molecule has 1 atom stereocenters. The second-order valence-corrected chi connectivity index (χ2v) is 6.92. The fourth-order valence-corrected chi connectivity index (χ4v) is 4.22. The van der Waals surface area contributed by atoms with Gasteiger partial charge in [0.2, 0.25) is 0 Å². The topological polar surface area (TPSA) is 55.8 Å². The molecule has 0 radical (unpaired) electrons. The molecule has 0 unspecified atom stereocenters. The van der Waals surface area contributed by atoms with E-state index in [0.717, 1.165) is 6.42 Å². The normalized spacial score (nSPS) is 16.7. The Morgan fingerprint density at radius 3 is 2.11 bits per heavy atom. The minimum atomic E-state index is -0.725. The molecule has 0 aliphatic carbocycles. The van der Waals surface area contributed by atoms with E-state index in [9.17, 15) is 4.79 Å². The molecule has 0 aromatic rings. The quantitative estimate of drug-likeness (QED) is 0.490. The van der Waals surface area contributed by atoms with Gasteiger partial charge in [0.1, 0.15) is 6.29 Å². The monoisotopic (exact) mass is 292 g/mol. The smallest absolute Gasteiger partial charge is 0.303 e. The fourth-order valence-electron chi connectivity index (χ4n) is 2.37. The SMILES string of the molecule is CC[C@H](CCC(=O)O)C(C)(C)C(O[SiH2]C)O[SiH2]C. The zero-order valence-electron chi connectivity index (χ0n) is 12.4. The summed E-state index contributed by atoms with van der Waals surface area (Å²) in [6, 6.07) is 0. The standard InChI is InChI=1S/C12H28O4Si2/c1-6-9(7-8-10(13)14)12(2,3)11(15-17-4)16-18-5/h9,11H,6-8,17-18H2,1-5H3,(H,13,14)/t9-/m1/s1. The molecule has 4 nitrogen and oxygen atoms in total. The first-order valence-electron chi connectivity index (χ1n) is 6.85. The molecule has 0 aliphatic rings. The molecule has 0 heterocycles. The zero-order valence-corrected chi connectivity index (χ0v) is 15.2. The molecular weight excluding hydrogens is 264 g/mol. The summed E-state index contributed by atoms with van der Waals surface area (Å²) in [5, 5.41) is 8.82. The number of carboxylic acid groups (broad SMARTS) is 1. The molecule has 0 bridgehead atoms. The molecule has 0 aromatic heterocycles. The maximum absolute atomic E-state index is 10.7. The minimum absolute atomic E-state index is 0.115. The van der Waals surface area contributed by atoms with Crippen LogP contribution in [-0.2, 0) is 13.6 Å². The summed E-state index contributed by atoms with van der Waals surface area (Å²) in [6.07, 6.45) is 1.73. The van der Waals surface area contributed by atoms with Gasteiger partial charge in [-0.25, -0.2) is 0 Å². The van der Waals surface area contributed by atoms with Crippen LogP contribution in [0.5, 0.6) is 0 Å². The summed E-state index contributed by atoms with van der Waals surface area (Å²) < 4.78 is 11.7. The van der Waals surface area contributed by atoms with E-state index in [4.69, 9.17) is 14.0 Å². The van der Waals surface area contributed by atoms with Crippen molar-refractivity contribution in [1.29, 1.82) is 0 Å². The zero-order chi connectivity index (χ0) is 14.2. The Morgan fingerprint density at radius 1 is 1.28 bits per heavy atom. The second kappa shape index (κ2) is 8.84. The average Bonchev–Trinajstić information content (AvgIpc) is 2.28. The van der Waals surface area contributed by atoms with Gasteiger partial charge in [-0.3, -0.25) is 4.79 Å². The summed E-state index contributed by atoms with van der Waals surface area (Å²) >= 11 is 0. The molecular formula is C12H28O4Si2. The molecule has 0 rings (SSSR count). The maximum atomic E-state index is 10.7. The fraction of sp³-hybridized carbons (Fsp3) is 0.917. The van der Waals surface area contributed by atoms with Crippen LogP contribution in [0.15, 0.2) is 0 Å². The number of hydrogen-bond donors (Lipinski definition) is 1. The summed E-state index contributed by atoms with van der Waals surface area (Å²) in [5.41, 5.74) is -0.115. The van der Waals surface area contributed by atoms with E-state index in [1.165, 1.54) is 0 Å². The predicted octanol–water partition coefficient (Wildman–Crippen LogP) is 1.53. The van der Waals surface area contributed by atoms with Crippen molar-refractivity contribution in [1.82, 2.24) is 0 Å². The van der Waals surface area contributed by atoms with Crippen molar-refractivity contribution in [3.63, 3.8) is 0 Å². The van der Waals surface area contributed by atoms with Crippen LogP contribution < -0.4 is 0 Å². The molecule has 1 N–H and O–H groups in total. The maximum Gasteiger partial charge on any atom is 0.303 e. The average molecular weight is 293 g/mol. The summed E-state index contributed by atoms with van der Waals surface area (Å²) in [7, 11) is -1.04. The van der Waals surface area contributed by atoms with E-state index in [-0.39, 0.29) is 18.1 Å². The third kappa shape index (κ3) is 5.64. The van der Waals surface area contributed by atoms with E-state index >= 15 is 0 Å². The Balaban J connectivity index is 4.71. The molecule has 108 valence electrons. The second-order valence-electron chi connectivity index (χ2n) is 5.10. The first kappa shape index (κ1) is 17.8. The van der Waals surface area contributed by atoms with Gasteiger partial charge < -0.3 is 14.0 Å². The van der Waals surface area contributed by atoms with E-state index in [0.29, 0.717) is 12.3 Å². The lowest BCUT2D eigenvalue weighted by Crippen LogP contribution is -2.41. The Labute approximate surface area is 115 Å². The number of rotatable bonds is 10. The van der Waals surface area contributed by atoms with Gasteiger partial charge in [-0.05, 0) is 12.3 Å². The number of carbonyl (C=O) groups is 1. The minimum Gasteiger partial charge on any atom is -0.481 e. The van der Waals surface area contributed by atoms with Crippen LogP contribution in [0.4, 0.5) is 0 Å². The summed E-state index contributed by atoms with van der Waals surface area (Å²) in [4.78, 5) is 10.7. The van der Waals surface area contributed by atoms with Gasteiger partial charge >= 0.3 is 5.97 Å². The molecule has 18 heavy (non-hydrogen) atoms. The Hall–Kier alpha value is -0.176. The van der Waals surface area contributed by atoms with Crippen molar-refractivity contribution < 1.29 is 18.8 Å². The van der Waals surface area contributed by atoms with Gasteiger partial charge in [0.25, 0.3) is 0 Å². The van der Waals surface area contributed by atoms with Crippen LogP contribution in [0.25, 0.3) is 0 Å². The molecule has 0 amide bonds. The molecule has 0 aromatic carbocycles. The molecule has 0 saturated carbocycles. The number of hydrogen-bond acceptors (Lipinski definition) is 3. The van der Waals surface area contributed by atoms with Gasteiger partial charge in [0, 0.05) is 11.8 Å². The van der Waals surface area contributed by atoms with Crippen LogP contribution in [0.3, 0.4) is 0 Å². The Morgan fingerprint density at radius 2 is 1.78 bits per heavy atom. The lowest BCUT2D eigenvalue weighted by Gasteiger charge is -2.40. The van der Waals surface area contributed by atoms with Crippen molar-refractivity contribution in [2.75, 3.05) is 0 Å². The molecule has 0 aliphatic heterocycles. The van der Waals surface area contributed by atoms with Crippen LogP contribution in [0, 0.1) is 11.3 Å². The van der Waals surface area contributed by atoms with Crippen molar-refractivity contribution in [2.24, 2.45) is 11.3 Å². The van der Waals surface area contributed by atoms with Crippen molar-refractivity contribution >= 4 is 25.5 Å². The molecule has 0 fully saturated rings. The number of carboxylic acids is 1. The van der Waals surface area contributed by atoms with Gasteiger partial charge in [0.15, 0.2) is 19.5 Å². The third-order valence-corrected chi connectivity index (χ3v) is 4.77. The molecule has 0 saturated heterocycles. The lowest BCUT2D eigenvalue weighted by atomic mass is 9.74. The lowest BCUT2D eigenvalue weighted by molar-refractivity contribution is -0.139. The largest absolute Gasteiger partial charge is 0.481 e. The van der Waals surface area contributed by atoms with Gasteiger partial charge in [-0.1, -0.05) is 40.3 Å². The predicted molar refractivity (Wildman–Crippen MR) is 79.2 cm³/mol. The number of aliphatic carboxylic acids is 1. The first-order valence-corrected chi connectivity index (χ1v) is 10.8. The van der Waals surface area contributed by atoms with Gasteiger partial charge in [-0.15, -0.1) is 0 Å². The highest BCUT2D eigenvalue weighted by molar-refractivity contribution is 6.26. The van der Waals surface area contributed by atoms with E-state index < -0.39 is 25.5 Å². The van der Waals surface area contributed by atoms with E-state index in [1.807, 2.05) is 0 Å². The highest BCUT2D eigenvalue weighted by Crippen LogP contribution is 2.38. The van der Waals surface area contributed by atoms with Crippen LogP contribution in [-0.4, -0.2) is 36.9 Å². The van der Waals surface area contributed by atoms with Crippen LogP contribution in [0.2, 0.25) is 13.1 Å². The Bertz CT molecular complexity index is 240. The van der Waals surface area contributed by atoms with Gasteiger partial charge in [0.05, 0.1) is 0 Å². The summed E-state index contributed by atoms with van der Waals surface area (Å²) in [6.45, 7) is 10.6. The van der Waals surface area contributed by atoms with Crippen LogP contribution in [0.1, 0.15) is 40.0 Å². The van der Waals surface area contributed by atoms with Crippen molar-refractivity contribution in [3.05, 3.63) is 0 Å². The van der Waals surface area contributed by atoms with Crippen LogP contribution >= 0.6 is 0 Å². The van der Waals surface area contributed by atoms with E-state index in [2.05, 4.69) is 33.9 Å². The first-order chi connectivity index (χ1) is 8.39.